The van der Waals surface area contributed by atoms with E-state index in [0.717, 1.165) is 19.0 Å². The van der Waals surface area contributed by atoms with E-state index in [2.05, 4.69) is 22.6 Å². The van der Waals surface area contributed by atoms with Gasteiger partial charge >= 0.3 is 0 Å². The first-order valence-corrected chi connectivity index (χ1v) is 12.2. The standard InChI is InChI=1S/C24H33ClFN3O4/c1-29-11-3-2-4-16(29)14-27-22(32)24-9-7-23(8-10-24,13-20(24)30)28-21(31)15-33-17-5-6-18(25)19(26)12-17/h5-6,12,16,20,30H,2-4,7-11,13-15H2,1H3,(H,27,32)(H,28,31). The summed E-state index contributed by atoms with van der Waals surface area (Å²) in [5, 5.41) is 17.1. The van der Waals surface area contributed by atoms with Crippen molar-refractivity contribution in [1.29, 1.82) is 0 Å². The number of piperidine rings is 1. The molecule has 3 N–H and O–H groups in total. The Bertz CT molecular complexity index is 890. The van der Waals surface area contributed by atoms with Crippen molar-refractivity contribution in [1.82, 2.24) is 15.5 Å². The molecule has 4 fully saturated rings. The van der Waals surface area contributed by atoms with Crippen LogP contribution in [0.4, 0.5) is 4.39 Å². The maximum absolute atomic E-state index is 13.5. The third-order valence-corrected chi connectivity index (χ3v) is 8.17. The Morgan fingerprint density at radius 2 is 2.03 bits per heavy atom. The van der Waals surface area contributed by atoms with Gasteiger partial charge in [0.05, 0.1) is 16.5 Å². The Labute approximate surface area is 199 Å². The summed E-state index contributed by atoms with van der Waals surface area (Å²) < 4.78 is 18.9. The van der Waals surface area contributed by atoms with Gasteiger partial charge in [0, 0.05) is 24.2 Å². The molecular weight excluding hydrogens is 449 g/mol. The summed E-state index contributed by atoms with van der Waals surface area (Å²) in [6.45, 7) is 1.39. The van der Waals surface area contributed by atoms with Crippen LogP contribution >= 0.6 is 11.6 Å². The van der Waals surface area contributed by atoms with E-state index in [9.17, 15) is 19.1 Å². The van der Waals surface area contributed by atoms with Crippen molar-refractivity contribution in [2.24, 2.45) is 5.41 Å². The number of likely N-dealkylation sites (N-methyl/N-ethyl adjacent to an activating group) is 1. The van der Waals surface area contributed by atoms with E-state index in [-0.39, 0.29) is 29.2 Å². The topological polar surface area (TPSA) is 90.9 Å². The zero-order valence-electron chi connectivity index (χ0n) is 19.0. The molecule has 33 heavy (non-hydrogen) atoms. The fourth-order valence-corrected chi connectivity index (χ4v) is 5.79. The van der Waals surface area contributed by atoms with Gasteiger partial charge in [-0.25, -0.2) is 4.39 Å². The Morgan fingerprint density at radius 3 is 2.70 bits per heavy atom. The highest BCUT2D eigenvalue weighted by molar-refractivity contribution is 6.30. The molecule has 0 aromatic heterocycles. The van der Waals surface area contributed by atoms with Gasteiger partial charge in [-0.1, -0.05) is 18.0 Å². The van der Waals surface area contributed by atoms with Crippen LogP contribution in [0.25, 0.3) is 0 Å². The molecule has 1 saturated heterocycles. The van der Waals surface area contributed by atoms with Gasteiger partial charge in [-0.15, -0.1) is 0 Å². The van der Waals surface area contributed by atoms with Crippen LogP contribution in [0.15, 0.2) is 18.2 Å². The second kappa shape index (κ2) is 9.76. The third-order valence-electron chi connectivity index (χ3n) is 7.86. The number of hydrogen-bond donors (Lipinski definition) is 3. The average Bonchev–Trinajstić information content (AvgIpc) is 2.79. The highest BCUT2D eigenvalue weighted by Crippen LogP contribution is 2.52. The second-order valence-corrected chi connectivity index (χ2v) is 10.3. The van der Waals surface area contributed by atoms with E-state index < -0.39 is 22.9 Å². The first-order valence-electron chi connectivity index (χ1n) is 11.8. The molecule has 9 heteroatoms. The number of benzene rings is 1. The van der Waals surface area contributed by atoms with Crippen molar-refractivity contribution >= 4 is 23.4 Å². The lowest BCUT2D eigenvalue weighted by Gasteiger charge is -2.55. The lowest BCUT2D eigenvalue weighted by atomic mass is 9.55. The molecule has 0 spiro atoms. The first-order chi connectivity index (χ1) is 15.7. The average molecular weight is 482 g/mol. The van der Waals surface area contributed by atoms with Gasteiger partial charge < -0.3 is 25.4 Å². The van der Waals surface area contributed by atoms with E-state index in [4.69, 9.17) is 16.3 Å². The van der Waals surface area contributed by atoms with Crippen molar-refractivity contribution in [3.63, 3.8) is 0 Å². The maximum atomic E-state index is 13.5. The van der Waals surface area contributed by atoms with Crippen LogP contribution in [0.3, 0.4) is 0 Å². The van der Waals surface area contributed by atoms with Crippen LogP contribution in [0.2, 0.25) is 5.02 Å². The number of carbonyl (C=O) groups excluding carboxylic acids is 2. The van der Waals surface area contributed by atoms with Crippen molar-refractivity contribution in [2.75, 3.05) is 26.7 Å². The number of amides is 2. The molecule has 2 atom stereocenters. The van der Waals surface area contributed by atoms with Gasteiger partial charge in [-0.3, -0.25) is 9.59 Å². The lowest BCUT2D eigenvalue weighted by Crippen LogP contribution is -2.66. The molecule has 2 unspecified atom stereocenters. The summed E-state index contributed by atoms with van der Waals surface area (Å²) in [7, 11) is 2.09. The first kappa shape index (κ1) is 24.2. The monoisotopic (exact) mass is 481 g/mol. The maximum Gasteiger partial charge on any atom is 0.258 e. The number of nitrogens with one attached hydrogen (secondary N) is 2. The number of aliphatic hydroxyl groups excluding tert-OH is 1. The minimum absolute atomic E-state index is 0.0117. The smallest absolute Gasteiger partial charge is 0.258 e. The van der Waals surface area contributed by atoms with Crippen molar-refractivity contribution in [2.45, 2.75) is 69.1 Å². The number of likely N-dealkylation sites (tertiary alicyclic amines) is 1. The molecule has 1 heterocycles. The third kappa shape index (κ3) is 5.12. The van der Waals surface area contributed by atoms with Gasteiger partial charge in [-0.05, 0) is 70.7 Å². The van der Waals surface area contributed by atoms with Crippen LogP contribution in [-0.2, 0) is 9.59 Å². The van der Waals surface area contributed by atoms with E-state index in [0.29, 0.717) is 44.7 Å². The Balaban J connectivity index is 1.29. The van der Waals surface area contributed by atoms with E-state index >= 15 is 0 Å². The lowest BCUT2D eigenvalue weighted by molar-refractivity contribution is -0.156. The molecule has 1 aromatic rings. The van der Waals surface area contributed by atoms with Crippen LogP contribution in [0.1, 0.15) is 51.4 Å². The quantitative estimate of drug-likeness (QED) is 0.557. The SMILES string of the molecule is CN1CCCCC1CNC(=O)C12CCC(NC(=O)COc3ccc(Cl)c(F)c3)(CC1)CC2O. The molecule has 2 bridgehead atoms. The zero-order chi connectivity index (χ0) is 23.6. The Hall–Kier alpha value is -1.90. The number of aliphatic hydroxyl groups is 1. The molecule has 1 aliphatic heterocycles. The number of nitrogens with zero attached hydrogens (tertiary/aromatic N) is 1. The molecule has 3 saturated carbocycles. The largest absolute Gasteiger partial charge is 0.484 e. The van der Waals surface area contributed by atoms with E-state index in [1.165, 1.54) is 25.0 Å². The summed E-state index contributed by atoms with van der Waals surface area (Å²) in [5.41, 5.74) is -1.33. The molecule has 0 radical (unpaired) electrons. The molecule has 4 aliphatic rings. The Morgan fingerprint density at radius 1 is 1.27 bits per heavy atom. The molecule has 7 nitrogen and oxygen atoms in total. The molecule has 5 rings (SSSR count). The number of rotatable bonds is 7. The van der Waals surface area contributed by atoms with Gasteiger partial charge in [0.15, 0.2) is 6.61 Å². The molecular formula is C24H33ClFN3O4. The van der Waals surface area contributed by atoms with Gasteiger partial charge in [-0.2, -0.15) is 0 Å². The number of ether oxygens (including phenoxy) is 1. The van der Waals surface area contributed by atoms with E-state index in [1.807, 2.05) is 0 Å². The molecule has 182 valence electrons. The van der Waals surface area contributed by atoms with Crippen molar-refractivity contribution in [3.05, 3.63) is 29.0 Å². The van der Waals surface area contributed by atoms with Crippen LogP contribution in [0, 0.1) is 11.2 Å². The fourth-order valence-electron chi connectivity index (χ4n) is 5.67. The normalized spacial score (nSPS) is 31.8. The minimum atomic E-state index is -0.810. The summed E-state index contributed by atoms with van der Waals surface area (Å²) in [6.07, 6.45) is 5.29. The molecule has 3 aliphatic carbocycles. The van der Waals surface area contributed by atoms with Crippen LogP contribution in [-0.4, -0.2) is 66.2 Å². The predicted octanol–water partition coefficient (Wildman–Crippen LogP) is 2.64. The van der Waals surface area contributed by atoms with Crippen molar-refractivity contribution < 1.29 is 23.8 Å². The second-order valence-electron chi connectivity index (χ2n) is 9.91. The number of fused-ring (bicyclic) bond motifs is 3. The zero-order valence-corrected chi connectivity index (χ0v) is 19.8. The number of hydrogen-bond acceptors (Lipinski definition) is 5. The highest BCUT2D eigenvalue weighted by atomic mass is 35.5. The summed E-state index contributed by atoms with van der Waals surface area (Å²) >= 11 is 5.66. The van der Waals surface area contributed by atoms with Crippen LogP contribution in [0.5, 0.6) is 5.75 Å². The minimum Gasteiger partial charge on any atom is -0.484 e. The van der Waals surface area contributed by atoms with Crippen molar-refractivity contribution in [3.8, 4) is 5.75 Å². The highest BCUT2D eigenvalue weighted by Gasteiger charge is 2.58. The van der Waals surface area contributed by atoms with Gasteiger partial charge in [0.2, 0.25) is 5.91 Å². The van der Waals surface area contributed by atoms with Crippen LogP contribution < -0.4 is 15.4 Å². The summed E-state index contributed by atoms with van der Waals surface area (Å²) in [4.78, 5) is 28.0. The fraction of sp³-hybridized carbons (Fsp3) is 0.667. The summed E-state index contributed by atoms with van der Waals surface area (Å²) in [5.74, 6) is -0.796. The van der Waals surface area contributed by atoms with Gasteiger partial charge in [0.1, 0.15) is 11.6 Å². The molecule has 2 amide bonds. The van der Waals surface area contributed by atoms with E-state index in [1.54, 1.807) is 0 Å². The predicted molar refractivity (Wildman–Crippen MR) is 123 cm³/mol. The van der Waals surface area contributed by atoms with Gasteiger partial charge in [0.25, 0.3) is 5.91 Å². The number of halogens is 2. The number of carbonyl (C=O) groups is 2. The summed E-state index contributed by atoms with van der Waals surface area (Å²) in [6, 6.07) is 4.35. The molecule has 1 aromatic carbocycles. The Kier molecular flexibility index (Phi) is 7.17.